The van der Waals surface area contributed by atoms with Gasteiger partial charge in [0.1, 0.15) is 17.1 Å². The van der Waals surface area contributed by atoms with E-state index >= 15 is 0 Å². The molecule has 224 valence electrons. The molecule has 4 heterocycles. The predicted octanol–water partition coefficient (Wildman–Crippen LogP) is 3.30. The number of methoxy groups -OCH3 is 2. The van der Waals surface area contributed by atoms with E-state index in [0.29, 0.717) is 76.7 Å². The number of anilines is 1. The molecule has 2 aliphatic heterocycles. The number of nitrogens with zero attached hydrogens (tertiary/aromatic N) is 5. The van der Waals surface area contributed by atoms with Crippen molar-refractivity contribution in [3.05, 3.63) is 52.4 Å². The zero-order chi connectivity index (χ0) is 29.6. The van der Waals surface area contributed by atoms with Crippen molar-refractivity contribution in [3.63, 3.8) is 0 Å². The van der Waals surface area contributed by atoms with Crippen molar-refractivity contribution in [1.29, 1.82) is 0 Å². The number of carbonyl (C=O) groups is 1. The van der Waals surface area contributed by atoms with Crippen molar-refractivity contribution < 1.29 is 19.0 Å². The van der Waals surface area contributed by atoms with Gasteiger partial charge in [0.15, 0.2) is 0 Å². The van der Waals surface area contributed by atoms with Gasteiger partial charge in [0.05, 0.1) is 25.8 Å². The van der Waals surface area contributed by atoms with E-state index in [9.17, 15) is 9.59 Å². The second kappa shape index (κ2) is 13.5. The van der Waals surface area contributed by atoms with Crippen LogP contribution in [-0.4, -0.2) is 96.9 Å². The summed E-state index contributed by atoms with van der Waals surface area (Å²) in [6.45, 7) is 9.86. The zero-order valence-electron chi connectivity index (χ0n) is 24.1. The molecule has 5 rings (SSSR count). The molecular weight excluding hydrogens is 560 g/mol. The third-order valence-electron chi connectivity index (χ3n) is 7.87. The Labute approximate surface area is 250 Å². The van der Waals surface area contributed by atoms with Crippen LogP contribution in [0, 0.1) is 5.92 Å². The van der Waals surface area contributed by atoms with E-state index in [2.05, 4.69) is 21.8 Å². The number of aryl methyl sites for hydroxylation is 1. The van der Waals surface area contributed by atoms with Crippen LogP contribution in [0.25, 0.3) is 22.2 Å². The van der Waals surface area contributed by atoms with Crippen LogP contribution in [0.1, 0.15) is 12.8 Å². The van der Waals surface area contributed by atoms with Gasteiger partial charge in [-0.3, -0.25) is 19.1 Å². The van der Waals surface area contributed by atoms with Gasteiger partial charge >= 0.3 is 0 Å². The summed E-state index contributed by atoms with van der Waals surface area (Å²) in [6.07, 6.45) is 4.80. The van der Waals surface area contributed by atoms with Gasteiger partial charge in [-0.2, -0.15) is 4.98 Å². The molecule has 0 bridgehead atoms. The van der Waals surface area contributed by atoms with E-state index in [4.69, 9.17) is 30.8 Å². The fourth-order valence-corrected chi connectivity index (χ4v) is 5.72. The Morgan fingerprint density at radius 1 is 1.17 bits per heavy atom. The fraction of sp³-hybridized carbons (Fsp3) is 0.467. The lowest BCUT2D eigenvalue weighted by Crippen LogP contribution is -2.48. The molecule has 1 aromatic carbocycles. The Morgan fingerprint density at radius 2 is 1.98 bits per heavy atom. The number of rotatable bonds is 11. The summed E-state index contributed by atoms with van der Waals surface area (Å²) in [5.41, 5.74) is 1.26. The first kappa shape index (κ1) is 29.8. The largest absolute Gasteiger partial charge is 0.497 e. The van der Waals surface area contributed by atoms with Crippen molar-refractivity contribution in [3.8, 4) is 22.6 Å². The molecule has 2 saturated heterocycles. The monoisotopic (exact) mass is 596 g/mol. The number of aromatic nitrogens is 3. The minimum Gasteiger partial charge on any atom is -0.497 e. The van der Waals surface area contributed by atoms with E-state index in [-0.39, 0.29) is 11.5 Å². The van der Waals surface area contributed by atoms with Gasteiger partial charge in [-0.25, -0.2) is 4.98 Å². The smallest absolute Gasteiger partial charge is 0.260 e. The SMILES string of the molecule is C=CC(=O)N1CCN(CCCn2c(=O)c(-c3cc(OC)cc(OC)c3Cl)cc3cnc(NCC4CCOC4)nc32)CC1. The molecule has 1 N–H and O–H groups in total. The summed E-state index contributed by atoms with van der Waals surface area (Å²) in [5, 5.41) is 4.36. The van der Waals surface area contributed by atoms with Crippen molar-refractivity contribution in [2.45, 2.75) is 19.4 Å². The molecule has 0 radical (unpaired) electrons. The first-order valence-electron chi connectivity index (χ1n) is 14.2. The first-order chi connectivity index (χ1) is 20.4. The number of benzene rings is 1. The predicted molar refractivity (Wildman–Crippen MR) is 163 cm³/mol. The molecule has 12 heteroatoms. The summed E-state index contributed by atoms with van der Waals surface area (Å²) in [4.78, 5) is 39.5. The lowest BCUT2D eigenvalue weighted by atomic mass is 10.0. The Balaban J connectivity index is 1.45. The Hall–Kier alpha value is -3.67. The van der Waals surface area contributed by atoms with Gasteiger partial charge in [-0.15, -0.1) is 0 Å². The third kappa shape index (κ3) is 6.53. The van der Waals surface area contributed by atoms with Gasteiger partial charge in [-0.1, -0.05) is 18.2 Å². The van der Waals surface area contributed by atoms with Crippen molar-refractivity contribution in [2.75, 3.05) is 72.0 Å². The highest BCUT2D eigenvalue weighted by Gasteiger charge is 2.22. The van der Waals surface area contributed by atoms with Crippen LogP contribution in [0.4, 0.5) is 5.95 Å². The molecule has 1 atom stereocenters. The lowest BCUT2D eigenvalue weighted by molar-refractivity contribution is -0.127. The molecule has 42 heavy (non-hydrogen) atoms. The molecule has 0 aliphatic carbocycles. The van der Waals surface area contributed by atoms with Crippen LogP contribution in [-0.2, 0) is 16.1 Å². The second-order valence-corrected chi connectivity index (χ2v) is 10.9. The number of amides is 1. The van der Waals surface area contributed by atoms with E-state index in [1.807, 2.05) is 0 Å². The number of hydrogen-bond acceptors (Lipinski definition) is 9. The Bertz CT molecular complexity index is 1500. The lowest BCUT2D eigenvalue weighted by Gasteiger charge is -2.34. The fourth-order valence-electron chi connectivity index (χ4n) is 5.43. The summed E-state index contributed by atoms with van der Waals surface area (Å²) in [7, 11) is 3.08. The van der Waals surface area contributed by atoms with E-state index in [1.165, 1.54) is 13.2 Å². The molecule has 1 amide bonds. The topological polar surface area (TPSA) is 111 Å². The van der Waals surface area contributed by atoms with E-state index in [0.717, 1.165) is 45.7 Å². The molecule has 0 spiro atoms. The Kier molecular flexibility index (Phi) is 9.61. The number of nitrogens with one attached hydrogen (secondary N) is 1. The average molecular weight is 597 g/mol. The summed E-state index contributed by atoms with van der Waals surface area (Å²) in [5.74, 6) is 1.78. The quantitative estimate of drug-likeness (QED) is 0.333. The maximum Gasteiger partial charge on any atom is 0.260 e. The summed E-state index contributed by atoms with van der Waals surface area (Å²) in [6, 6.07) is 5.20. The van der Waals surface area contributed by atoms with Crippen molar-refractivity contribution in [1.82, 2.24) is 24.3 Å². The van der Waals surface area contributed by atoms with Gasteiger partial charge in [-0.05, 0) is 37.6 Å². The van der Waals surface area contributed by atoms with Crippen LogP contribution in [0.3, 0.4) is 0 Å². The Morgan fingerprint density at radius 3 is 2.67 bits per heavy atom. The maximum atomic E-state index is 14.1. The normalized spacial score (nSPS) is 17.4. The van der Waals surface area contributed by atoms with Gasteiger partial charge in [0.25, 0.3) is 5.56 Å². The molecule has 1 unspecified atom stereocenters. The highest BCUT2D eigenvalue weighted by Crippen LogP contribution is 2.38. The van der Waals surface area contributed by atoms with Crippen LogP contribution < -0.4 is 20.3 Å². The zero-order valence-corrected chi connectivity index (χ0v) is 24.9. The van der Waals surface area contributed by atoms with Crippen LogP contribution in [0.2, 0.25) is 5.02 Å². The standard InChI is InChI=1S/C30H37ClN6O5/c1-4-26(38)36-11-9-35(10-12-36)7-5-8-37-28-21(18-33-30(34-28)32-17-20-6-13-42-19-20)14-24(29(37)39)23-15-22(40-2)16-25(41-3)27(23)31/h4,14-16,18,20H,1,5-13,17,19H2,2-3H3,(H,32,33,34). The minimum absolute atomic E-state index is 0.0399. The average Bonchev–Trinajstić information content (AvgIpc) is 3.55. The van der Waals surface area contributed by atoms with Crippen LogP contribution >= 0.6 is 11.6 Å². The maximum absolute atomic E-state index is 14.1. The highest BCUT2D eigenvalue weighted by atomic mass is 35.5. The molecule has 0 saturated carbocycles. The van der Waals surface area contributed by atoms with Crippen LogP contribution in [0.5, 0.6) is 11.5 Å². The first-order valence-corrected chi connectivity index (χ1v) is 14.6. The van der Waals surface area contributed by atoms with E-state index < -0.39 is 0 Å². The van der Waals surface area contributed by atoms with Gasteiger partial charge in [0, 0.05) is 80.6 Å². The third-order valence-corrected chi connectivity index (χ3v) is 8.26. The number of halogens is 1. The molecule has 3 aromatic rings. The number of piperazine rings is 1. The highest BCUT2D eigenvalue weighted by molar-refractivity contribution is 6.35. The van der Waals surface area contributed by atoms with Gasteiger partial charge < -0.3 is 24.4 Å². The van der Waals surface area contributed by atoms with E-state index in [1.54, 1.807) is 41.0 Å². The summed E-state index contributed by atoms with van der Waals surface area (Å²) < 4.78 is 18.1. The molecule has 2 fully saturated rings. The van der Waals surface area contributed by atoms with Crippen molar-refractivity contribution >= 4 is 34.5 Å². The van der Waals surface area contributed by atoms with Crippen LogP contribution in [0.15, 0.2) is 41.8 Å². The minimum atomic E-state index is -0.213. The molecule has 2 aliphatic rings. The second-order valence-electron chi connectivity index (χ2n) is 10.5. The number of carbonyl (C=O) groups excluding carboxylic acids is 1. The number of ether oxygens (including phenoxy) is 3. The van der Waals surface area contributed by atoms with Gasteiger partial charge in [0.2, 0.25) is 11.9 Å². The summed E-state index contributed by atoms with van der Waals surface area (Å²) >= 11 is 6.71. The molecular formula is C30H37ClN6O5. The van der Waals surface area contributed by atoms with Crippen molar-refractivity contribution in [2.24, 2.45) is 5.92 Å². The number of fused-ring (bicyclic) bond motifs is 1. The number of hydrogen-bond donors (Lipinski definition) is 1. The molecule has 11 nitrogen and oxygen atoms in total. The number of pyridine rings is 1. The molecule has 2 aromatic heterocycles.